The number of aliphatic hydroxyl groups is 1. The predicted octanol–water partition coefficient (Wildman–Crippen LogP) is 2.09. The molecular formula is C21H22ClN5O2. The summed E-state index contributed by atoms with van der Waals surface area (Å²) < 4.78 is 0. The third-order valence-electron chi connectivity index (χ3n) is 5.49. The second-order valence-electron chi connectivity index (χ2n) is 8.19. The summed E-state index contributed by atoms with van der Waals surface area (Å²) in [6.07, 6.45) is 1.79. The predicted molar refractivity (Wildman–Crippen MR) is 112 cm³/mol. The quantitative estimate of drug-likeness (QED) is 0.697. The maximum atomic E-state index is 12.2. The summed E-state index contributed by atoms with van der Waals surface area (Å²) in [5.41, 5.74) is 6.76. The summed E-state index contributed by atoms with van der Waals surface area (Å²) in [6.45, 7) is 5.45. The number of anilines is 3. The molecule has 0 saturated carbocycles. The Kier molecular flexibility index (Phi) is 4.45. The molecule has 4 rings (SSSR count). The van der Waals surface area contributed by atoms with Crippen LogP contribution in [0.3, 0.4) is 0 Å². The van der Waals surface area contributed by atoms with E-state index >= 15 is 0 Å². The Morgan fingerprint density at radius 1 is 1.34 bits per heavy atom. The van der Waals surface area contributed by atoms with E-state index in [9.17, 15) is 9.90 Å². The van der Waals surface area contributed by atoms with E-state index < -0.39 is 5.60 Å². The number of hydrogen-bond donors (Lipinski definition) is 2. The highest BCUT2D eigenvalue weighted by Crippen LogP contribution is 2.45. The molecule has 7 nitrogen and oxygen atoms in total. The molecule has 2 aliphatic rings. The minimum atomic E-state index is -1.63. The number of hydrogen-bond acceptors (Lipinski definition) is 6. The summed E-state index contributed by atoms with van der Waals surface area (Å²) in [6, 6.07) is 5.85. The first-order valence-corrected chi connectivity index (χ1v) is 9.70. The Morgan fingerprint density at radius 3 is 2.79 bits per heavy atom. The molecule has 8 heteroatoms. The number of nitrogens with two attached hydrogens (primary N) is 1. The van der Waals surface area contributed by atoms with Crippen LogP contribution in [0.5, 0.6) is 0 Å². The standard InChI is InChI=1S/C21H22ClN5O2/c1-20(2)12-27(17-15(22)11-24-19(23)25-17)16-10-13(4-5-14(16)20)6-7-21(29)8-9-26(3)18(21)28/h4-5,10-11,29H,8-9,12H2,1-3H3,(H2,23,24,25)/t21-/m1/s1. The van der Waals surface area contributed by atoms with Crippen LogP contribution >= 0.6 is 11.6 Å². The maximum absolute atomic E-state index is 12.2. The molecule has 1 saturated heterocycles. The number of fused-ring (bicyclic) bond motifs is 1. The van der Waals surface area contributed by atoms with Crippen LogP contribution in [-0.4, -0.2) is 51.6 Å². The molecule has 0 radical (unpaired) electrons. The molecule has 0 aliphatic carbocycles. The Labute approximate surface area is 174 Å². The number of carbonyl (C=O) groups is 1. The van der Waals surface area contributed by atoms with Gasteiger partial charge in [0.2, 0.25) is 11.5 Å². The smallest absolute Gasteiger partial charge is 0.267 e. The lowest BCUT2D eigenvalue weighted by Crippen LogP contribution is -2.37. The van der Waals surface area contributed by atoms with Crippen molar-refractivity contribution in [1.82, 2.24) is 14.9 Å². The molecule has 2 aromatic rings. The molecular weight excluding hydrogens is 390 g/mol. The van der Waals surface area contributed by atoms with Crippen molar-refractivity contribution in [3.05, 3.63) is 40.5 Å². The lowest BCUT2D eigenvalue weighted by atomic mass is 9.86. The van der Waals surface area contributed by atoms with Crippen LogP contribution in [0.2, 0.25) is 5.02 Å². The molecule has 3 N–H and O–H groups in total. The van der Waals surface area contributed by atoms with Gasteiger partial charge in [0.15, 0.2) is 5.82 Å². The number of amides is 1. The van der Waals surface area contributed by atoms with Crippen LogP contribution in [0.4, 0.5) is 17.5 Å². The second-order valence-corrected chi connectivity index (χ2v) is 8.60. The topological polar surface area (TPSA) is 95.6 Å². The van der Waals surface area contributed by atoms with E-state index in [2.05, 4.69) is 35.7 Å². The zero-order chi connectivity index (χ0) is 21.0. The first-order chi connectivity index (χ1) is 13.6. The van der Waals surface area contributed by atoms with Gasteiger partial charge in [-0.2, -0.15) is 4.98 Å². The van der Waals surface area contributed by atoms with Crippen LogP contribution in [0.25, 0.3) is 0 Å². The lowest BCUT2D eigenvalue weighted by molar-refractivity contribution is -0.137. The van der Waals surface area contributed by atoms with E-state index in [1.165, 1.54) is 11.1 Å². The number of halogens is 1. The summed E-state index contributed by atoms with van der Waals surface area (Å²) in [4.78, 5) is 23.9. The van der Waals surface area contributed by atoms with Gasteiger partial charge in [0.05, 0.1) is 6.20 Å². The number of benzene rings is 1. The van der Waals surface area contributed by atoms with Crippen LogP contribution in [0.15, 0.2) is 24.4 Å². The molecule has 0 bridgehead atoms. The van der Waals surface area contributed by atoms with Gasteiger partial charge in [-0.1, -0.05) is 43.4 Å². The van der Waals surface area contributed by atoms with Crippen molar-refractivity contribution < 1.29 is 9.90 Å². The van der Waals surface area contributed by atoms with Crippen molar-refractivity contribution >= 4 is 35.0 Å². The largest absolute Gasteiger partial charge is 0.369 e. The molecule has 1 fully saturated rings. The monoisotopic (exact) mass is 411 g/mol. The van der Waals surface area contributed by atoms with E-state index in [4.69, 9.17) is 17.3 Å². The van der Waals surface area contributed by atoms with Crippen molar-refractivity contribution in [3.8, 4) is 11.8 Å². The third kappa shape index (κ3) is 3.28. The Balaban J connectivity index is 1.75. The highest BCUT2D eigenvalue weighted by Gasteiger charge is 2.42. The number of rotatable bonds is 1. The van der Waals surface area contributed by atoms with E-state index in [1.807, 2.05) is 23.1 Å². The molecule has 150 valence electrons. The van der Waals surface area contributed by atoms with E-state index in [0.717, 1.165) is 11.3 Å². The molecule has 2 aliphatic heterocycles. The second kappa shape index (κ2) is 6.61. The first kappa shape index (κ1) is 19.5. The van der Waals surface area contributed by atoms with Crippen molar-refractivity contribution in [2.45, 2.75) is 31.3 Å². The van der Waals surface area contributed by atoms with Gasteiger partial charge in [-0.25, -0.2) is 4.98 Å². The van der Waals surface area contributed by atoms with Gasteiger partial charge < -0.3 is 20.6 Å². The third-order valence-corrected chi connectivity index (χ3v) is 5.76. The highest BCUT2D eigenvalue weighted by atomic mass is 35.5. The number of likely N-dealkylation sites (tertiary alicyclic amines) is 1. The molecule has 1 aromatic heterocycles. The minimum Gasteiger partial charge on any atom is -0.369 e. The van der Waals surface area contributed by atoms with Gasteiger partial charge in [-0.3, -0.25) is 4.79 Å². The zero-order valence-corrected chi connectivity index (χ0v) is 17.3. The average molecular weight is 412 g/mol. The van der Waals surface area contributed by atoms with Gasteiger partial charge >= 0.3 is 0 Å². The fraction of sp³-hybridized carbons (Fsp3) is 0.381. The molecule has 0 unspecified atom stereocenters. The summed E-state index contributed by atoms with van der Waals surface area (Å²) in [7, 11) is 1.66. The van der Waals surface area contributed by atoms with Gasteiger partial charge in [-0.05, 0) is 17.7 Å². The molecule has 1 atom stereocenters. The van der Waals surface area contributed by atoms with Crippen LogP contribution in [0.1, 0.15) is 31.4 Å². The van der Waals surface area contributed by atoms with Crippen LogP contribution < -0.4 is 10.6 Å². The summed E-state index contributed by atoms with van der Waals surface area (Å²) >= 11 is 6.35. The van der Waals surface area contributed by atoms with Crippen molar-refractivity contribution in [3.63, 3.8) is 0 Å². The Morgan fingerprint density at radius 2 is 2.10 bits per heavy atom. The number of nitrogen functional groups attached to an aromatic ring is 1. The molecule has 1 aromatic carbocycles. The van der Waals surface area contributed by atoms with Gasteiger partial charge in [0.25, 0.3) is 5.91 Å². The lowest BCUT2D eigenvalue weighted by Gasteiger charge is -2.22. The fourth-order valence-electron chi connectivity index (χ4n) is 3.87. The van der Waals surface area contributed by atoms with Gasteiger partial charge in [-0.15, -0.1) is 0 Å². The van der Waals surface area contributed by atoms with Gasteiger partial charge in [0, 0.05) is 43.2 Å². The Hall–Kier alpha value is -2.82. The fourth-order valence-corrected chi connectivity index (χ4v) is 4.06. The van der Waals surface area contributed by atoms with Crippen LogP contribution in [0, 0.1) is 11.8 Å². The summed E-state index contributed by atoms with van der Waals surface area (Å²) in [5.74, 6) is 6.06. The normalized spacial score (nSPS) is 22.4. The maximum Gasteiger partial charge on any atom is 0.267 e. The van der Waals surface area contributed by atoms with Crippen molar-refractivity contribution in [2.75, 3.05) is 30.8 Å². The number of nitrogens with zero attached hydrogens (tertiary/aromatic N) is 4. The molecule has 0 spiro atoms. The molecule has 3 heterocycles. The number of likely N-dealkylation sites (N-methyl/N-ethyl adjacent to an activating group) is 1. The van der Waals surface area contributed by atoms with E-state index in [-0.39, 0.29) is 17.3 Å². The van der Waals surface area contributed by atoms with E-state index in [0.29, 0.717) is 35.9 Å². The van der Waals surface area contributed by atoms with Crippen molar-refractivity contribution in [1.29, 1.82) is 0 Å². The van der Waals surface area contributed by atoms with E-state index in [1.54, 1.807) is 7.05 Å². The number of carbonyl (C=O) groups excluding carboxylic acids is 1. The summed E-state index contributed by atoms with van der Waals surface area (Å²) in [5, 5.41) is 11.0. The first-order valence-electron chi connectivity index (χ1n) is 9.32. The van der Waals surface area contributed by atoms with Crippen LogP contribution in [-0.2, 0) is 10.2 Å². The average Bonchev–Trinajstić information content (AvgIpc) is 3.10. The highest BCUT2D eigenvalue weighted by molar-refractivity contribution is 6.33. The van der Waals surface area contributed by atoms with Gasteiger partial charge in [0.1, 0.15) is 5.02 Å². The molecule has 1 amide bonds. The number of aromatic nitrogens is 2. The SMILES string of the molecule is CN1CC[C@](O)(C#Cc2ccc3c(c2)N(c2nc(N)ncc2Cl)CC3(C)C)C1=O. The molecule has 29 heavy (non-hydrogen) atoms. The minimum absolute atomic E-state index is 0.132. The van der Waals surface area contributed by atoms with Crippen molar-refractivity contribution in [2.24, 2.45) is 0 Å². The Bertz CT molecular complexity index is 1070. The zero-order valence-electron chi connectivity index (χ0n) is 16.5.